The van der Waals surface area contributed by atoms with E-state index in [1.54, 1.807) is 0 Å². The van der Waals surface area contributed by atoms with E-state index in [2.05, 4.69) is 32.6 Å². The van der Waals surface area contributed by atoms with Gasteiger partial charge in [0.2, 0.25) is 5.91 Å². The average molecular weight is 225 g/mol. The Labute approximate surface area is 100 Å². The lowest BCUT2D eigenvalue weighted by Crippen LogP contribution is -2.56. The normalized spacial score (nSPS) is 27.3. The van der Waals surface area contributed by atoms with E-state index in [0.717, 1.165) is 19.4 Å². The Balaban J connectivity index is 3.02. The summed E-state index contributed by atoms with van der Waals surface area (Å²) in [6, 6.07) is 0. The summed E-state index contributed by atoms with van der Waals surface area (Å²) in [5.74, 6) is 0.294. The number of carbonyl (C=O) groups is 1. The lowest BCUT2D eigenvalue weighted by molar-refractivity contribution is -0.147. The molecule has 0 aromatic carbocycles. The third-order valence-corrected chi connectivity index (χ3v) is 4.14. The van der Waals surface area contributed by atoms with Gasteiger partial charge in [-0.25, -0.2) is 0 Å². The molecule has 0 N–H and O–H groups in total. The highest BCUT2D eigenvalue weighted by atomic mass is 16.2. The van der Waals surface area contributed by atoms with Gasteiger partial charge in [-0.1, -0.05) is 41.5 Å². The Morgan fingerprint density at radius 2 is 1.62 bits per heavy atom. The summed E-state index contributed by atoms with van der Waals surface area (Å²) in [7, 11) is 0. The van der Waals surface area contributed by atoms with Gasteiger partial charge in [0.05, 0.1) is 0 Å². The van der Waals surface area contributed by atoms with Gasteiger partial charge in [-0.3, -0.25) is 4.79 Å². The maximum atomic E-state index is 12.5. The van der Waals surface area contributed by atoms with E-state index < -0.39 is 0 Å². The third kappa shape index (κ3) is 2.11. The monoisotopic (exact) mass is 225 g/mol. The van der Waals surface area contributed by atoms with Gasteiger partial charge in [0, 0.05) is 17.5 Å². The Morgan fingerprint density at radius 3 is 2.00 bits per heavy atom. The molecule has 1 amide bonds. The first-order valence-corrected chi connectivity index (χ1v) is 6.32. The van der Waals surface area contributed by atoms with E-state index >= 15 is 0 Å². The Kier molecular flexibility index (Phi) is 3.17. The molecule has 1 aliphatic heterocycles. The molecule has 1 atom stereocenters. The molecule has 0 saturated carbocycles. The van der Waals surface area contributed by atoms with Crippen molar-refractivity contribution in [1.82, 2.24) is 4.90 Å². The summed E-state index contributed by atoms with van der Waals surface area (Å²) in [5.41, 5.74) is -0.112. The summed E-state index contributed by atoms with van der Waals surface area (Å²) in [4.78, 5) is 14.6. The lowest BCUT2D eigenvalue weighted by Gasteiger charge is -2.47. The molecule has 1 rings (SSSR count). The molecule has 1 saturated heterocycles. The molecule has 1 unspecified atom stereocenters. The molecule has 0 spiro atoms. The zero-order valence-electron chi connectivity index (χ0n) is 12.0. The van der Waals surface area contributed by atoms with Crippen molar-refractivity contribution in [3.63, 3.8) is 0 Å². The number of hydrogen-bond donors (Lipinski definition) is 0. The van der Waals surface area contributed by atoms with Crippen molar-refractivity contribution in [2.45, 2.75) is 66.8 Å². The second-order valence-electron chi connectivity index (χ2n) is 7.33. The summed E-state index contributed by atoms with van der Waals surface area (Å²) in [5, 5.41) is 0. The van der Waals surface area contributed by atoms with E-state index in [-0.39, 0.29) is 16.4 Å². The first kappa shape index (κ1) is 13.5. The van der Waals surface area contributed by atoms with Crippen LogP contribution < -0.4 is 0 Å². The zero-order valence-corrected chi connectivity index (χ0v) is 12.0. The predicted molar refractivity (Wildman–Crippen MR) is 68.3 cm³/mol. The molecule has 1 heterocycles. The number of carbonyl (C=O) groups excluding carboxylic acids is 1. The average Bonchev–Trinajstić information content (AvgIpc) is 2.44. The van der Waals surface area contributed by atoms with Gasteiger partial charge >= 0.3 is 0 Å². The minimum atomic E-state index is -0.267. The molecule has 2 nitrogen and oxygen atoms in total. The Bertz CT molecular complexity index is 282. The number of likely N-dealkylation sites (tertiary alicyclic amines) is 1. The van der Waals surface area contributed by atoms with Crippen molar-refractivity contribution in [2.24, 2.45) is 10.8 Å². The SMILES string of the molecule is CC(C)(C)C(=O)N1CCCC1(C)C(C)(C)C. The van der Waals surface area contributed by atoms with Crippen LogP contribution in [0.1, 0.15) is 61.3 Å². The highest BCUT2D eigenvalue weighted by molar-refractivity contribution is 5.82. The fourth-order valence-corrected chi connectivity index (χ4v) is 2.47. The highest BCUT2D eigenvalue weighted by Crippen LogP contribution is 2.44. The molecular weight excluding hydrogens is 198 g/mol. The number of nitrogens with zero attached hydrogens (tertiary/aromatic N) is 1. The highest BCUT2D eigenvalue weighted by Gasteiger charge is 2.49. The van der Waals surface area contributed by atoms with Crippen molar-refractivity contribution >= 4 is 5.91 Å². The Hall–Kier alpha value is -0.530. The van der Waals surface area contributed by atoms with Gasteiger partial charge in [-0.05, 0) is 25.2 Å². The largest absolute Gasteiger partial charge is 0.336 e. The van der Waals surface area contributed by atoms with E-state index in [1.807, 2.05) is 20.8 Å². The molecule has 1 aliphatic rings. The van der Waals surface area contributed by atoms with Crippen LogP contribution >= 0.6 is 0 Å². The lowest BCUT2D eigenvalue weighted by atomic mass is 9.72. The van der Waals surface area contributed by atoms with Crippen LogP contribution in [0.3, 0.4) is 0 Å². The van der Waals surface area contributed by atoms with E-state index in [0.29, 0.717) is 5.91 Å². The van der Waals surface area contributed by atoms with Gasteiger partial charge in [0.1, 0.15) is 0 Å². The van der Waals surface area contributed by atoms with Crippen LogP contribution in [-0.2, 0) is 4.79 Å². The maximum Gasteiger partial charge on any atom is 0.228 e. The molecular formula is C14H27NO. The Morgan fingerprint density at radius 1 is 1.12 bits per heavy atom. The van der Waals surface area contributed by atoms with Crippen LogP contribution in [0.4, 0.5) is 0 Å². The second kappa shape index (κ2) is 3.75. The van der Waals surface area contributed by atoms with Crippen LogP contribution in [0.5, 0.6) is 0 Å². The second-order valence-corrected chi connectivity index (χ2v) is 7.33. The third-order valence-electron chi connectivity index (χ3n) is 4.14. The maximum absolute atomic E-state index is 12.5. The predicted octanol–water partition coefficient (Wildman–Crippen LogP) is 3.46. The van der Waals surface area contributed by atoms with Crippen molar-refractivity contribution in [2.75, 3.05) is 6.54 Å². The van der Waals surface area contributed by atoms with Crippen molar-refractivity contribution < 1.29 is 4.79 Å². The van der Waals surface area contributed by atoms with Crippen LogP contribution in [0.2, 0.25) is 0 Å². The summed E-state index contributed by atoms with van der Waals surface area (Å²) in [6.07, 6.45) is 2.26. The molecule has 1 fully saturated rings. The quantitative estimate of drug-likeness (QED) is 0.618. The van der Waals surface area contributed by atoms with Crippen LogP contribution in [0.25, 0.3) is 0 Å². The van der Waals surface area contributed by atoms with Crippen molar-refractivity contribution in [3.05, 3.63) is 0 Å². The summed E-state index contributed by atoms with van der Waals surface area (Å²) in [6.45, 7) is 15.9. The van der Waals surface area contributed by atoms with E-state index in [4.69, 9.17) is 0 Å². The standard InChI is InChI=1S/C14H27NO/c1-12(2,3)11(16)15-10-8-9-14(15,7)13(4,5)6/h8-10H2,1-7H3. The molecule has 2 heteroatoms. The topological polar surface area (TPSA) is 20.3 Å². The minimum absolute atomic E-state index is 0.0113. The molecule has 0 radical (unpaired) electrons. The van der Waals surface area contributed by atoms with Crippen molar-refractivity contribution in [1.29, 1.82) is 0 Å². The number of hydrogen-bond acceptors (Lipinski definition) is 1. The van der Waals surface area contributed by atoms with Gasteiger partial charge in [-0.2, -0.15) is 0 Å². The van der Waals surface area contributed by atoms with E-state index in [1.165, 1.54) is 0 Å². The molecule has 0 aromatic rings. The molecule has 0 aliphatic carbocycles. The van der Waals surface area contributed by atoms with Crippen molar-refractivity contribution in [3.8, 4) is 0 Å². The van der Waals surface area contributed by atoms with Crippen LogP contribution in [0, 0.1) is 10.8 Å². The van der Waals surface area contributed by atoms with Gasteiger partial charge < -0.3 is 4.90 Å². The van der Waals surface area contributed by atoms with Gasteiger partial charge in [-0.15, -0.1) is 0 Å². The fourth-order valence-electron chi connectivity index (χ4n) is 2.47. The first-order chi connectivity index (χ1) is 7.00. The number of amides is 1. The molecule has 0 bridgehead atoms. The molecule has 94 valence electrons. The van der Waals surface area contributed by atoms with Gasteiger partial charge in [0.15, 0.2) is 0 Å². The van der Waals surface area contributed by atoms with Crippen LogP contribution in [-0.4, -0.2) is 22.9 Å². The minimum Gasteiger partial charge on any atom is -0.336 e. The molecule has 16 heavy (non-hydrogen) atoms. The van der Waals surface area contributed by atoms with E-state index in [9.17, 15) is 4.79 Å². The summed E-state index contributed by atoms with van der Waals surface area (Å²) < 4.78 is 0. The number of rotatable bonds is 0. The summed E-state index contributed by atoms with van der Waals surface area (Å²) >= 11 is 0. The van der Waals surface area contributed by atoms with Gasteiger partial charge in [0.25, 0.3) is 0 Å². The smallest absolute Gasteiger partial charge is 0.228 e. The molecule has 0 aromatic heterocycles. The fraction of sp³-hybridized carbons (Fsp3) is 0.929. The van der Waals surface area contributed by atoms with Crippen LogP contribution in [0.15, 0.2) is 0 Å². The zero-order chi connectivity index (χ0) is 12.8. The first-order valence-electron chi connectivity index (χ1n) is 6.32.